The van der Waals surface area contributed by atoms with Gasteiger partial charge in [0.25, 0.3) is 0 Å². The number of hydrogen-bond acceptors (Lipinski definition) is 4. The van der Waals surface area contributed by atoms with Gasteiger partial charge in [0.05, 0.1) is 0 Å². The highest BCUT2D eigenvalue weighted by atomic mass is 16.2. The van der Waals surface area contributed by atoms with Gasteiger partial charge in [-0.25, -0.2) is 9.97 Å². The topological polar surface area (TPSA) is 49.3 Å². The molecule has 0 spiro atoms. The SMILES string of the molecule is Cc1ccc(C)c(Cc2c(C)nc(C)nc2N2CCN(C(=O)/C=C/c3ccccc3)CC2)c1. The fourth-order valence-corrected chi connectivity index (χ4v) is 4.34. The number of piperazine rings is 1. The van der Waals surface area contributed by atoms with E-state index < -0.39 is 0 Å². The molecule has 0 saturated carbocycles. The van der Waals surface area contributed by atoms with Gasteiger partial charge in [0, 0.05) is 49.9 Å². The predicted molar refractivity (Wildman–Crippen MR) is 134 cm³/mol. The molecule has 5 nitrogen and oxygen atoms in total. The second kappa shape index (κ2) is 9.99. The van der Waals surface area contributed by atoms with Crippen LogP contribution in [0, 0.1) is 27.7 Å². The van der Waals surface area contributed by atoms with Gasteiger partial charge in [-0.1, -0.05) is 54.1 Å². The van der Waals surface area contributed by atoms with Crippen molar-refractivity contribution in [2.45, 2.75) is 34.1 Å². The van der Waals surface area contributed by atoms with Gasteiger partial charge in [-0.2, -0.15) is 0 Å². The molecule has 1 aliphatic rings. The van der Waals surface area contributed by atoms with Crippen LogP contribution in [0.3, 0.4) is 0 Å². The molecular formula is C28H32N4O. The second-order valence-electron chi connectivity index (χ2n) is 8.82. The summed E-state index contributed by atoms with van der Waals surface area (Å²) in [6.45, 7) is 11.2. The lowest BCUT2D eigenvalue weighted by atomic mass is 9.97. The van der Waals surface area contributed by atoms with Gasteiger partial charge in [-0.15, -0.1) is 0 Å². The van der Waals surface area contributed by atoms with E-state index >= 15 is 0 Å². The first-order valence-electron chi connectivity index (χ1n) is 11.6. The zero-order chi connectivity index (χ0) is 23.4. The maximum absolute atomic E-state index is 12.7. The predicted octanol–water partition coefficient (Wildman–Crippen LogP) is 4.66. The summed E-state index contributed by atoms with van der Waals surface area (Å²) in [6.07, 6.45) is 4.37. The molecule has 0 atom stereocenters. The number of hydrogen-bond donors (Lipinski definition) is 0. The van der Waals surface area contributed by atoms with Crippen molar-refractivity contribution in [1.82, 2.24) is 14.9 Å². The minimum Gasteiger partial charge on any atom is -0.353 e. The third-order valence-electron chi connectivity index (χ3n) is 6.28. The lowest BCUT2D eigenvalue weighted by Crippen LogP contribution is -2.49. The van der Waals surface area contributed by atoms with Crippen LogP contribution in [-0.4, -0.2) is 47.0 Å². The molecule has 2 heterocycles. The van der Waals surface area contributed by atoms with Crippen LogP contribution in [0.4, 0.5) is 5.82 Å². The van der Waals surface area contributed by atoms with Crippen LogP contribution in [0.5, 0.6) is 0 Å². The van der Waals surface area contributed by atoms with E-state index in [9.17, 15) is 4.79 Å². The van der Waals surface area contributed by atoms with Gasteiger partial charge >= 0.3 is 0 Å². The van der Waals surface area contributed by atoms with Crippen molar-refractivity contribution in [3.05, 3.63) is 93.9 Å². The normalized spacial score (nSPS) is 14.2. The number of amides is 1. The van der Waals surface area contributed by atoms with E-state index in [0.717, 1.165) is 42.4 Å². The standard InChI is InChI=1S/C28H32N4O/c1-20-10-11-21(2)25(18-20)19-26-22(3)29-23(4)30-28(26)32-16-14-31(15-17-32)27(33)13-12-24-8-6-5-7-9-24/h5-13,18H,14-17,19H2,1-4H3/b13-12+. The van der Waals surface area contributed by atoms with Crippen LogP contribution in [0.2, 0.25) is 0 Å². The Kier molecular flexibility index (Phi) is 6.87. The lowest BCUT2D eigenvalue weighted by Gasteiger charge is -2.36. The third-order valence-corrected chi connectivity index (χ3v) is 6.28. The Morgan fingerprint density at radius 2 is 1.67 bits per heavy atom. The summed E-state index contributed by atoms with van der Waals surface area (Å²) < 4.78 is 0. The molecule has 3 aromatic rings. The van der Waals surface area contributed by atoms with E-state index in [2.05, 4.69) is 48.9 Å². The Morgan fingerprint density at radius 1 is 0.939 bits per heavy atom. The quantitative estimate of drug-likeness (QED) is 0.542. The molecule has 0 aliphatic carbocycles. The van der Waals surface area contributed by atoms with Crippen LogP contribution in [-0.2, 0) is 11.2 Å². The zero-order valence-corrected chi connectivity index (χ0v) is 20.0. The summed E-state index contributed by atoms with van der Waals surface area (Å²) in [7, 11) is 0. The summed E-state index contributed by atoms with van der Waals surface area (Å²) in [4.78, 5) is 26.4. The first-order valence-corrected chi connectivity index (χ1v) is 11.6. The minimum atomic E-state index is 0.0594. The molecule has 0 bridgehead atoms. The average molecular weight is 441 g/mol. The van der Waals surface area contributed by atoms with Crippen molar-refractivity contribution >= 4 is 17.8 Å². The van der Waals surface area contributed by atoms with Crippen LogP contribution < -0.4 is 4.90 Å². The van der Waals surface area contributed by atoms with Gasteiger partial charge in [0.15, 0.2) is 0 Å². The number of carbonyl (C=O) groups is 1. The summed E-state index contributed by atoms with van der Waals surface area (Å²) in [6, 6.07) is 16.5. The van der Waals surface area contributed by atoms with Crippen LogP contribution in [0.25, 0.3) is 6.08 Å². The highest BCUT2D eigenvalue weighted by Crippen LogP contribution is 2.26. The Labute approximate surface area is 196 Å². The monoisotopic (exact) mass is 440 g/mol. The molecule has 2 aromatic carbocycles. The second-order valence-corrected chi connectivity index (χ2v) is 8.82. The maximum Gasteiger partial charge on any atom is 0.246 e. The summed E-state index contributed by atoms with van der Waals surface area (Å²) >= 11 is 0. The van der Waals surface area contributed by atoms with Crippen molar-refractivity contribution in [2.24, 2.45) is 0 Å². The molecule has 0 radical (unpaired) electrons. The summed E-state index contributed by atoms with van der Waals surface area (Å²) in [5.74, 6) is 1.86. The number of anilines is 1. The molecule has 5 heteroatoms. The zero-order valence-electron chi connectivity index (χ0n) is 20.0. The molecule has 1 amide bonds. The first kappa shape index (κ1) is 22.7. The number of aryl methyl sites for hydroxylation is 4. The van der Waals surface area contributed by atoms with Crippen molar-refractivity contribution in [2.75, 3.05) is 31.1 Å². The third kappa shape index (κ3) is 5.48. The van der Waals surface area contributed by atoms with Gasteiger partial charge < -0.3 is 9.80 Å². The highest BCUT2D eigenvalue weighted by Gasteiger charge is 2.24. The van der Waals surface area contributed by atoms with Crippen molar-refractivity contribution < 1.29 is 4.79 Å². The molecular weight excluding hydrogens is 408 g/mol. The van der Waals surface area contributed by atoms with E-state index in [1.807, 2.05) is 48.2 Å². The molecule has 1 saturated heterocycles. The fraction of sp³-hybridized carbons (Fsp3) is 0.321. The molecule has 4 rings (SSSR count). The van der Waals surface area contributed by atoms with E-state index in [-0.39, 0.29) is 5.91 Å². The number of benzene rings is 2. The Morgan fingerprint density at radius 3 is 2.39 bits per heavy atom. The van der Waals surface area contributed by atoms with E-state index in [4.69, 9.17) is 4.98 Å². The van der Waals surface area contributed by atoms with Crippen LogP contribution >= 0.6 is 0 Å². The molecule has 1 fully saturated rings. The average Bonchev–Trinajstić information content (AvgIpc) is 2.82. The Bertz CT molecular complexity index is 1160. The van der Waals surface area contributed by atoms with Gasteiger partial charge in [-0.3, -0.25) is 4.79 Å². The summed E-state index contributed by atoms with van der Waals surface area (Å²) in [5.41, 5.74) is 7.10. The van der Waals surface area contributed by atoms with Crippen molar-refractivity contribution in [3.63, 3.8) is 0 Å². The smallest absolute Gasteiger partial charge is 0.246 e. The fourth-order valence-electron chi connectivity index (χ4n) is 4.34. The highest BCUT2D eigenvalue weighted by molar-refractivity contribution is 5.92. The number of aromatic nitrogens is 2. The van der Waals surface area contributed by atoms with Crippen molar-refractivity contribution in [3.8, 4) is 0 Å². The molecule has 0 N–H and O–H groups in total. The van der Waals surface area contributed by atoms with E-state index in [1.165, 1.54) is 22.3 Å². The molecule has 1 aromatic heterocycles. The molecule has 0 unspecified atom stereocenters. The van der Waals surface area contributed by atoms with E-state index in [0.29, 0.717) is 13.1 Å². The summed E-state index contributed by atoms with van der Waals surface area (Å²) in [5, 5.41) is 0. The van der Waals surface area contributed by atoms with Gasteiger partial charge in [0.1, 0.15) is 11.6 Å². The number of carbonyl (C=O) groups excluding carboxylic acids is 1. The minimum absolute atomic E-state index is 0.0594. The number of rotatable bonds is 5. The Balaban J connectivity index is 1.49. The van der Waals surface area contributed by atoms with Gasteiger partial charge in [-0.05, 0) is 50.5 Å². The van der Waals surface area contributed by atoms with Gasteiger partial charge in [0.2, 0.25) is 5.91 Å². The number of nitrogens with zero attached hydrogens (tertiary/aromatic N) is 4. The maximum atomic E-state index is 12.7. The van der Waals surface area contributed by atoms with Crippen LogP contribution in [0.15, 0.2) is 54.6 Å². The lowest BCUT2D eigenvalue weighted by molar-refractivity contribution is -0.126. The Hall–Kier alpha value is -3.47. The molecule has 33 heavy (non-hydrogen) atoms. The molecule has 1 aliphatic heterocycles. The first-order chi connectivity index (χ1) is 15.9. The molecule has 170 valence electrons. The largest absolute Gasteiger partial charge is 0.353 e. The van der Waals surface area contributed by atoms with Crippen LogP contribution in [0.1, 0.15) is 39.3 Å². The van der Waals surface area contributed by atoms with E-state index in [1.54, 1.807) is 6.08 Å². The van der Waals surface area contributed by atoms with Crippen molar-refractivity contribution in [1.29, 1.82) is 0 Å².